The summed E-state index contributed by atoms with van der Waals surface area (Å²) in [4.78, 5) is 0. The zero-order chi connectivity index (χ0) is 13.1. The number of rotatable bonds is 5. The second kappa shape index (κ2) is 5.74. The molecular weight excluding hydrogens is 304 g/mol. The molecule has 0 amide bonds. The van der Waals surface area contributed by atoms with E-state index in [0.717, 1.165) is 10.2 Å². The summed E-state index contributed by atoms with van der Waals surface area (Å²) in [5.41, 5.74) is 5.17. The minimum Gasteiger partial charge on any atom is -0.492 e. The second-order valence-corrected chi connectivity index (χ2v) is 5.76. The lowest BCUT2D eigenvalue weighted by molar-refractivity contribution is 0.267. The lowest BCUT2D eigenvalue weighted by Crippen LogP contribution is -2.32. The average Bonchev–Trinajstić information content (AvgIpc) is 2.21. The van der Waals surface area contributed by atoms with Gasteiger partial charge in [0.05, 0.1) is 16.9 Å². The monoisotopic (exact) mass is 318 g/mol. The van der Waals surface area contributed by atoms with Crippen LogP contribution in [-0.4, -0.2) is 12.4 Å². The molecule has 0 heterocycles. The number of hydrogen-bond acceptors (Lipinski definition) is 2. The molecule has 0 fully saturated rings. The van der Waals surface area contributed by atoms with Crippen LogP contribution in [0.25, 0.3) is 0 Å². The van der Waals surface area contributed by atoms with Gasteiger partial charge in [0.1, 0.15) is 5.75 Å². The van der Waals surface area contributed by atoms with E-state index in [9.17, 15) is 0 Å². The molecule has 17 heavy (non-hydrogen) atoms. The van der Waals surface area contributed by atoms with E-state index in [-0.39, 0.29) is 11.3 Å². The van der Waals surface area contributed by atoms with Crippen LogP contribution in [0.5, 0.6) is 5.75 Å². The van der Waals surface area contributed by atoms with Gasteiger partial charge in [-0.15, -0.1) is 0 Å². The molecule has 0 radical (unpaired) electrons. The van der Waals surface area contributed by atoms with Crippen LogP contribution in [0.4, 0.5) is 0 Å². The molecule has 3 nitrogen and oxygen atoms in total. The molecule has 0 aliphatic carbocycles. The fourth-order valence-electron chi connectivity index (χ4n) is 1.14. The van der Waals surface area contributed by atoms with E-state index in [2.05, 4.69) is 15.9 Å². The lowest BCUT2D eigenvalue weighted by Gasteiger charge is -2.22. The summed E-state index contributed by atoms with van der Waals surface area (Å²) in [5.74, 6) is 0.921. The van der Waals surface area contributed by atoms with Crippen molar-refractivity contribution in [3.05, 3.63) is 27.7 Å². The summed E-state index contributed by atoms with van der Waals surface area (Å²) in [6, 6.07) is 5.37. The van der Waals surface area contributed by atoms with Gasteiger partial charge in [-0.2, -0.15) is 0 Å². The summed E-state index contributed by atoms with van der Waals surface area (Å²) >= 11 is 9.22. The standard InChI is InChI=1S/C12H16BrClN2O/c1-12(2,11(15)16)5-6-17-10-4-3-8(14)7-9(10)13/h3-4,7H,5-6H2,1-2H3,(H3,15,16). The maximum absolute atomic E-state index is 7.45. The van der Waals surface area contributed by atoms with Gasteiger partial charge in [0.15, 0.2) is 0 Å². The molecule has 0 aromatic heterocycles. The van der Waals surface area contributed by atoms with Crippen LogP contribution in [-0.2, 0) is 0 Å². The van der Waals surface area contributed by atoms with Gasteiger partial charge < -0.3 is 10.5 Å². The summed E-state index contributed by atoms with van der Waals surface area (Å²) in [5, 5.41) is 8.11. The highest BCUT2D eigenvalue weighted by atomic mass is 79.9. The molecule has 5 heteroatoms. The van der Waals surface area contributed by atoms with E-state index in [1.165, 1.54) is 0 Å². The first-order valence-electron chi connectivity index (χ1n) is 5.25. The van der Waals surface area contributed by atoms with Gasteiger partial charge >= 0.3 is 0 Å². The van der Waals surface area contributed by atoms with E-state index in [0.29, 0.717) is 18.1 Å². The number of ether oxygens (including phenoxy) is 1. The van der Waals surface area contributed by atoms with E-state index >= 15 is 0 Å². The van der Waals surface area contributed by atoms with Crippen molar-refractivity contribution in [3.63, 3.8) is 0 Å². The maximum Gasteiger partial charge on any atom is 0.133 e. The number of hydrogen-bond donors (Lipinski definition) is 2. The molecule has 0 saturated heterocycles. The molecule has 94 valence electrons. The van der Waals surface area contributed by atoms with Gasteiger partial charge in [-0.25, -0.2) is 0 Å². The van der Waals surface area contributed by atoms with E-state index < -0.39 is 0 Å². The molecule has 0 aliphatic rings. The third kappa shape index (κ3) is 4.21. The molecule has 3 N–H and O–H groups in total. The molecule has 0 bridgehead atoms. The van der Waals surface area contributed by atoms with Gasteiger partial charge in [-0.3, -0.25) is 5.41 Å². The Bertz CT molecular complexity index is 421. The fraction of sp³-hybridized carbons (Fsp3) is 0.417. The summed E-state index contributed by atoms with van der Waals surface area (Å²) in [6.45, 7) is 4.36. The van der Waals surface area contributed by atoms with Gasteiger partial charge in [0, 0.05) is 10.4 Å². The number of amidine groups is 1. The first kappa shape index (κ1) is 14.3. The highest BCUT2D eigenvalue weighted by Crippen LogP contribution is 2.29. The van der Waals surface area contributed by atoms with E-state index in [4.69, 9.17) is 27.5 Å². The number of benzene rings is 1. The molecule has 0 unspecified atom stereocenters. The lowest BCUT2D eigenvalue weighted by atomic mass is 9.88. The third-order valence-corrected chi connectivity index (χ3v) is 3.46. The normalized spacial score (nSPS) is 11.3. The van der Waals surface area contributed by atoms with Gasteiger partial charge in [-0.1, -0.05) is 25.4 Å². The van der Waals surface area contributed by atoms with Crippen LogP contribution in [0.1, 0.15) is 20.3 Å². The Labute approximate surface area is 115 Å². The quantitative estimate of drug-likeness (QED) is 0.640. The molecule has 0 spiro atoms. The first-order chi connectivity index (χ1) is 7.83. The van der Waals surface area contributed by atoms with Crippen molar-refractivity contribution in [2.45, 2.75) is 20.3 Å². The molecule has 0 saturated carbocycles. The summed E-state index contributed by atoms with van der Waals surface area (Å²) in [6.07, 6.45) is 0.692. The van der Waals surface area contributed by atoms with Crippen molar-refractivity contribution in [1.82, 2.24) is 0 Å². The first-order valence-corrected chi connectivity index (χ1v) is 6.42. The van der Waals surface area contributed by atoms with Crippen LogP contribution < -0.4 is 10.5 Å². The predicted molar refractivity (Wildman–Crippen MR) is 75.0 cm³/mol. The summed E-state index contributed by atoms with van der Waals surface area (Å²) < 4.78 is 6.44. The molecule has 0 atom stereocenters. The van der Waals surface area contributed by atoms with Gasteiger partial charge in [0.2, 0.25) is 0 Å². The fourth-order valence-corrected chi connectivity index (χ4v) is 1.94. The number of nitrogens with two attached hydrogens (primary N) is 1. The van der Waals surface area contributed by atoms with Crippen molar-refractivity contribution >= 4 is 33.4 Å². The van der Waals surface area contributed by atoms with Gasteiger partial charge in [-0.05, 0) is 40.5 Å². The Morgan fingerprint density at radius 2 is 2.18 bits per heavy atom. The number of halogens is 2. The van der Waals surface area contributed by atoms with E-state index in [1.807, 2.05) is 19.9 Å². The predicted octanol–water partition coefficient (Wildman–Crippen LogP) is 3.83. The molecule has 1 aromatic rings. The number of nitrogens with one attached hydrogen (secondary N) is 1. The second-order valence-electron chi connectivity index (χ2n) is 4.47. The molecule has 1 rings (SSSR count). The highest BCUT2D eigenvalue weighted by molar-refractivity contribution is 9.10. The Balaban J connectivity index is 2.54. The molecule has 1 aromatic carbocycles. The zero-order valence-corrected chi connectivity index (χ0v) is 12.2. The van der Waals surface area contributed by atoms with Crippen LogP contribution in [0.2, 0.25) is 5.02 Å². The Kier molecular flexibility index (Phi) is 4.83. The third-order valence-electron chi connectivity index (χ3n) is 2.61. The van der Waals surface area contributed by atoms with Gasteiger partial charge in [0.25, 0.3) is 0 Å². The smallest absolute Gasteiger partial charge is 0.133 e. The molecular formula is C12H16BrClN2O. The Morgan fingerprint density at radius 3 is 2.71 bits per heavy atom. The molecule has 0 aliphatic heterocycles. The summed E-state index contributed by atoms with van der Waals surface area (Å²) in [7, 11) is 0. The SMILES string of the molecule is CC(C)(CCOc1ccc(Cl)cc1Br)C(=N)N. The Morgan fingerprint density at radius 1 is 1.53 bits per heavy atom. The topological polar surface area (TPSA) is 59.1 Å². The Hall–Kier alpha value is -0.740. The van der Waals surface area contributed by atoms with Crippen molar-refractivity contribution in [3.8, 4) is 5.75 Å². The van der Waals surface area contributed by atoms with Crippen LogP contribution in [0.15, 0.2) is 22.7 Å². The van der Waals surface area contributed by atoms with E-state index in [1.54, 1.807) is 12.1 Å². The minimum absolute atomic E-state index is 0.177. The van der Waals surface area contributed by atoms with Crippen LogP contribution in [0, 0.1) is 10.8 Å². The van der Waals surface area contributed by atoms with Crippen molar-refractivity contribution in [1.29, 1.82) is 5.41 Å². The zero-order valence-electron chi connectivity index (χ0n) is 9.89. The van der Waals surface area contributed by atoms with Crippen LogP contribution >= 0.6 is 27.5 Å². The van der Waals surface area contributed by atoms with Crippen molar-refractivity contribution in [2.75, 3.05) is 6.61 Å². The van der Waals surface area contributed by atoms with Crippen molar-refractivity contribution < 1.29 is 4.74 Å². The maximum atomic E-state index is 7.45. The largest absolute Gasteiger partial charge is 0.492 e. The highest BCUT2D eigenvalue weighted by Gasteiger charge is 2.21. The van der Waals surface area contributed by atoms with Crippen LogP contribution in [0.3, 0.4) is 0 Å². The minimum atomic E-state index is -0.334. The average molecular weight is 320 g/mol. The van der Waals surface area contributed by atoms with Crippen molar-refractivity contribution in [2.24, 2.45) is 11.1 Å².